The van der Waals surface area contributed by atoms with Crippen LogP contribution in [-0.2, 0) is 3.83 Å². The molecule has 1 aromatic rings. The Bertz CT molecular complexity index is 310. The Morgan fingerprint density at radius 1 is 1.42 bits per heavy atom. The van der Waals surface area contributed by atoms with Crippen LogP contribution in [0.4, 0.5) is 5.69 Å². The molecule has 5 heteroatoms. The van der Waals surface area contributed by atoms with Gasteiger partial charge in [-0.15, -0.1) is 0 Å². The van der Waals surface area contributed by atoms with Crippen molar-refractivity contribution >= 4 is 24.6 Å². The van der Waals surface area contributed by atoms with E-state index in [9.17, 15) is 8.94 Å². The Labute approximate surface area is 73.6 Å². The van der Waals surface area contributed by atoms with Crippen molar-refractivity contribution in [3.63, 3.8) is 0 Å². The summed E-state index contributed by atoms with van der Waals surface area (Å²) in [5, 5.41) is 10.6. The molecule has 12 heavy (non-hydrogen) atoms. The maximum absolute atomic E-state index is 10.6. The molecule has 0 spiro atoms. The predicted molar refractivity (Wildman–Crippen MR) is 42.2 cm³/mol. The molecule has 0 saturated carbocycles. The molecule has 0 fully saturated rings. The molecule has 0 aromatic heterocycles. The number of para-hydroxylation sites is 1. The van der Waals surface area contributed by atoms with Crippen LogP contribution in [0.25, 0.3) is 0 Å². The van der Waals surface area contributed by atoms with Crippen molar-refractivity contribution in [2.24, 2.45) is 4.99 Å². The molecule has 0 heterocycles. The molecule has 1 aromatic carbocycles. The summed E-state index contributed by atoms with van der Waals surface area (Å²) in [6.07, 6.45) is 0. The summed E-state index contributed by atoms with van der Waals surface area (Å²) in [5.74, 6) is 0. The minimum atomic E-state index is -3.37. The Balaban J connectivity index is 2.89. The van der Waals surface area contributed by atoms with Crippen LogP contribution < -0.4 is 5.11 Å². The van der Waals surface area contributed by atoms with E-state index in [-0.39, 0.29) is 0 Å². The van der Waals surface area contributed by atoms with Gasteiger partial charge < -0.3 is 0 Å². The molecule has 1 atom stereocenters. The van der Waals surface area contributed by atoms with E-state index in [2.05, 4.69) is 4.99 Å². The molecule has 0 aliphatic heterocycles. The third-order valence-corrected chi connectivity index (χ3v) is 1.94. The average Bonchev–Trinajstić information content (AvgIpc) is 2.06. The van der Waals surface area contributed by atoms with Crippen LogP contribution in [0.1, 0.15) is 0 Å². The summed E-state index contributed by atoms with van der Waals surface area (Å²) in [7, 11) is 0. The van der Waals surface area contributed by atoms with Crippen molar-refractivity contribution in [1.82, 2.24) is 0 Å². The Hall–Kier alpha value is -1.03. The van der Waals surface area contributed by atoms with Gasteiger partial charge in [-0.3, -0.25) is 0 Å². The van der Waals surface area contributed by atoms with Crippen molar-refractivity contribution in [3.05, 3.63) is 30.3 Å². The Morgan fingerprint density at radius 2 is 2.00 bits per heavy atom. The first-order valence-corrected chi connectivity index (χ1v) is 5.44. The molecule has 0 aliphatic rings. The summed E-state index contributed by atoms with van der Waals surface area (Å²) in [6.45, 7) is 0. The number of benzene rings is 1. The fourth-order valence-electron chi connectivity index (χ4n) is 0.647. The molecule has 0 radical (unpaired) electrons. The van der Waals surface area contributed by atoms with Gasteiger partial charge in [0, 0.05) is 0 Å². The second-order valence-corrected chi connectivity index (χ2v) is 3.74. The van der Waals surface area contributed by atoms with Crippen LogP contribution in [0, 0.1) is 0 Å². The van der Waals surface area contributed by atoms with Crippen molar-refractivity contribution in [2.75, 3.05) is 0 Å². The molecule has 1 unspecified atom stereocenters. The molecule has 0 saturated heterocycles. The molecule has 1 rings (SSSR count). The number of hydrogen-bond donors (Lipinski definition) is 1. The van der Waals surface area contributed by atoms with Gasteiger partial charge in [0.25, 0.3) is 0 Å². The van der Waals surface area contributed by atoms with Gasteiger partial charge in [0.15, 0.2) is 0 Å². The Kier molecular flexibility index (Phi) is 3.10. The molecular weight excluding hydrogens is 225 g/mol. The summed E-state index contributed by atoms with van der Waals surface area (Å²) >= 11 is -3.37. The average molecular weight is 231 g/mol. The van der Waals surface area contributed by atoms with Crippen LogP contribution in [0.5, 0.6) is 0 Å². The molecule has 1 N–H and O–H groups in total. The first kappa shape index (κ1) is 9.06. The van der Waals surface area contributed by atoms with E-state index in [4.69, 9.17) is 4.19 Å². The van der Waals surface area contributed by atoms with Gasteiger partial charge in [0.05, 0.1) is 0 Å². The van der Waals surface area contributed by atoms with E-state index in [1.165, 1.54) is 0 Å². The van der Waals surface area contributed by atoms with Gasteiger partial charge in [-0.2, -0.15) is 0 Å². The van der Waals surface area contributed by atoms with E-state index in [0.717, 1.165) is 0 Å². The van der Waals surface area contributed by atoms with E-state index < -0.39 is 19.0 Å². The van der Waals surface area contributed by atoms with Crippen LogP contribution >= 0.6 is 0 Å². The molecule has 0 aliphatic carbocycles. The van der Waals surface area contributed by atoms with E-state index >= 15 is 0 Å². The monoisotopic (exact) mass is 232 g/mol. The van der Waals surface area contributed by atoms with Crippen molar-refractivity contribution in [3.8, 4) is 0 Å². The van der Waals surface area contributed by atoms with Gasteiger partial charge in [0.1, 0.15) is 0 Å². The predicted octanol–water partition coefficient (Wildman–Crippen LogP) is -0.473. The van der Waals surface area contributed by atoms with Crippen LogP contribution in [0.3, 0.4) is 0 Å². The zero-order valence-electron chi connectivity index (χ0n) is 6.01. The van der Waals surface area contributed by atoms with Gasteiger partial charge >= 0.3 is 73.1 Å². The summed E-state index contributed by atoms with van der Waals surface area (Å²) < 4.78 is 18.7. The zero-order valence-corrected chi connectivity index (χ0v) is 7.72. The van der Waals surface area contributed by atoms with E-state index in [1.807, 2.05) is 0 Å². The third kappa shape index (κ3) is 2.54. The third-order valence-electron chi connectivity index (χ3n) is 1.13. The van der Waals surface area contributed by atoms with Crippen molar-refractivity contribution in [2.45, 2.75) is 0 Å². The number of aliphatic imine (C=N–C) groups is 1. The molecule has 0 bridgehead atoms. The molecule has 4 nitrogen and oxygen atoms in total. The second kappa shape index (κ2) is 4.11. The number of hydrogen-bond acceptors (Lipinski definition) is 3. The number of nitrogens with zero attached hydrogens (tertiary/aromatic N) is 1. The Morgan fingerprint density at radius 3 is 2.50 bits per heavy atom. The first-order valence-electron chi connectivity index (χ1n) is 3.12. The van der Waals surface area contributed by atoms with Gasteiger partial charge in [0.2, 0.25) is 0 Å². The SMILES string of the molecule is O=[Se](O)C([O-])=Nc1ccccc1. The maximum atomic E-state index is 10.6. The van der Waals surface area contributed by atoms with Crippen molar-refractivity contribution < 1.29 is 13.1 Å². The second-order valence-electron chi connectivity index (χ2n) is 1.96. The minimum absolute atomic E-state index is 0.404. The van der Waals surface area contributed by atoms with Crippen LogP contribution in [0.15, 0.2) is 35.3 Å². The topological polar surface area (TPSA) is 72.7 Å². The number of rotatable bonds is 2. The fourth-order valence-corrected chi connectivity index (χ4v) is 1.03. The first-order chi connectivity index (χ1) is 5.70. The van der Waals surface area contributed by atoms with Gasteiger partial charge in [-0.25, -0.2) is 0 Å². The standard InChI is InChI=1S/C7H7NO3Se/c9-7(12(10)11)8-6-4-2-1-3-5-6/h1-5H,(H,8,9)(H,10,11)/p-1. The van der Waals surface area contributed by atoms with Gasteiger partial charge in [-0.05, 0) is 0 Å². The zero-order chi connectivity index (χ0) is 8.97. The summed E-state index contributed by atoms with van der Waals surface area (Å²) in [4.78, 5) is 2.47. The quantitative estimate of drug-likeness (QED) is 0.424. The molecular formula is C7H6NO3Se-. The van der Waals surface area contributed by atoms with Crippen LogP contribution in [-0.4, -0.2) is 23.1 Å². The van der Waals surface area contributed by atoms with Crippen molar-refractivity contribution in [1.29, 1.82) is 0 Å². The normalized spacial score (nSPS) is 14.2. The van der Waals surface area contributed by atoms with E-state index in [0.29, 0.717) is 5.69 Å². The fraction of sp³-hybridized carbons (Fsp3) is 0. The summed E-state index contributed by atoms with van der Waals surface area (Å²) in [6, 6.07) is 8.35. The van der Waals surface area contributed by atoms with Gasteiger partial charge in [-0.1, -0.05) is 0 Å². The molecule has 0 amide bonds. The van der Waals surface area contributed by atoms with E-state index in [1.54, 1.807) is 30.3 Å². The summed E-state index contributed by atoms with van der Waals surface area (Å²) in [5.41, 5.74) is 0.404. The molecule has 64 valence electrons. The van der Waals surface area contributed by atoms with Crippen LogP contribution in [0.2, 0.25) is 0 Å².